The SMILES string of the molecule is CC1CCN(S(=O)(=O)c2ccc(NCC3CCCO3)c([N+](=O)[O-])c2)CC1. The molecule has 2 heterocycles. The van der Waals surface area contributed by atoms with Crippen molar-refractivity contribution < 1.29 is 18.1 Å². The summed E-state index contributed by atoms with van der Waals surface area (Å²) in [7, 11) is -3.71. The van der Waals surface area contributed by atoms with E-state index in [0.29, 0.717) is 37.8 Å². The zero-order chi connectivity index (χ0) is 18.7. The predicted molar refractivity (Wildman–Crippen MR) is 97.7 cm³/mol. The van der Waals surface area contributed by atoms with Crippen molar-refractivity contribution in [3.63, 3.8) is 0 Å². The van der Waals surface area contributed by atoms with Crippen molar-refractivity contribution in [2.75, 3.05) is 31.6 Å². The van der Waals surface area contributed by atoms with Crippen molar-refractivity contribution >= 4 is 21.4 Å². The fourth-order valence-electron chi connectivity index (χ4n) is 3.38. The van der Waals surface area contributed by atoms with Gasteiger partial charge < -0.3 is 10.1 Å². The predicted octanol–water partition coefficient (Wildman–Crippen LogP) is 2.61. The van der Waals surface area contributed by atoms with Gasteiger partial charge in [-0.2, -0.15) is 4.31 Å². The van der Waals surface area contributed by atoms with Crippen molar-refractivity contribution in [3.8, 4) is 0 Å². The maximum Gasteiger partial charge on any atom is 0.293 e. The third kappa shape index (κ3) is 4.16. The van der Waals surface area contributed by atoms with Crippen molar-refractivity contribution in [2.24, 2.45) is 5.92 Å². The van der Waals surface area contributed by atoms with Gasteiger partial charge in [0.1, 0.15) is 5.69 Å². The summed E-state index contributed by atoms with van der Waals surface area (Å²) >= 11 is 0. The van der Waals surface area contributed by atoms with Gasteiger partial charge >= 0.3 is 0 Å². The van der Waals surface area contributed by atoms with Crippen LogP contribution in [-0.2, 0) is 14.8 Å². The van der Waals surface area contributed by atoms with Crippen LogP contribution in [0.1, 0.15) is 32.6 Å². The minimum absolute atomic E-state index is 0.0265. The molecule has 26 heavy (non-hydrogen) atoms. The monoisotopic (exact) mass is 383 g/mol. The highest BCUT2D eigenvalue weighted by atomic mass is 32.2. The molecule has 2 saturated heterocycles. The molecule has 0 amide bonds. The second-order valence-corrected chi connectivity index (χ2v) is 8.98. The van der Waals surface area contributed by atoms with Crippen LogP contribution in [0, 0.1) is 16.0 Å². The average Bonchev–Trinajstić information content (AvgIpc) is 3.13. The molecule has 144 valence electrons. The van der Waals surface area contributed by atoms with E-state index < -0.39 is 14.9 Å². The standard InChI is InChI=1S/C17H25N3O5S/c1-13-6-8-19(9-7-13)26(23,24)15-4-5-16(17(11-15)20(21)22)18-12-14-3-2-10-25-14/h4-5,11,13-14,18H,2-3,6-10,12H2,1H3. The number of rotatable bonds is 6. The number of anilines is 1. The third-order valence-electron chi connectivity index (χ3n) is 5.09. The van der Waals surface area contributed by atoms with Crippen LogP contribution in [0.15, 0.2) is 23.1 Å². The van der Waals surface area contributed by atoms with Crippen LogP contribution >= 0.6 is 0 Å². The smallest absolute Gasteiger partial charge is 0.293 e. The van der Waals surface area contributed by atoms with Gasteiger partial charge in [0.25, 0.3) is 5.69 Å². The molecule has 9 heteroatoms. The first kappa shape index (κ1) is 19.1. The highest BCUT2D eigenvalue weighted by molar-refractivity contribution is 7.89. The molecule has 0 bridgehead atoms. The Kier molecular flexibility index (Phi) is 5.79. The summed E-state index contributed by atoms with van der Waals surface area (Å²) in [6.07, 6.45) is 3.55. The molecule has 3 rings (SSSR count). The van der Waals surface area contributed by atoms with Gasteiger partial charge in [0, 0.05) is 32.3 Å². The topological polar surface area (TPSA) is 102 Å². The number of piperidine rings is 1. The number of nitro groups is 1. The van der Waals surface area contributed by atoms with Gasteiger partial charge in [-0.15, -0.1) is 0 Å². The number of nitrogens with zero attached hydrogens (tertiary/aromatic N) is 2. The number of nitro benzene ring substituents is 1. The Morgan fingerprint density at radius 3 is 2.65 bits per heavy atom. The lowest BCUT2D eigenvalue weighted by Crippen LogP contribution is -2.37. The number of hydrogen-bond acceptors (Lipinski definition) is 6. The van der Waals surface area contributed by atoms with Gasteiger partial charge in [-0.1, -0.05) is 6.92 Å². The fraction of sp³-hybridized carbons (Fsp3) is 0.647. The molecular weight excluding hydrogens is 358 g/mol. The Morgan fingerprint density at radius 1 is 1.31 bits per heavy atom. The molecular formula is C17H25N3O5S. The molecule has 1 aromatic carbocycles. The number of sulfonamides is 1. The second-order valence-electron chi connectivity index (χ2n) is 7.04. The summed E-state index contributed by atoms with van der Waals surface area (Å²) in [6.45, 7) is 4.19. The van der Waals surface area contributed by atoms with E-state index in [0.717, 1.165) is 31.7 Å². The summed E-state index contributed by atoms with van der Waals surface area (Å²) < 4.78 is 32.5. The van der Waals surface area contributed by atoms with Crippen LogP contribution < -0.4 is 5.32 Å². The molecule has 2 aliphatic rings. The van der Waals surface area contributed by atoms with Gasteiger partial charge in [-0.3, -0.25) is 10.1 Å². The molecule has 0 saturated carbocycles. The van der Waals surface area contributed by atoms with E-state index in [9.17, 15) is 18.5 Å². The Labute approximate surface area is 153 Å². The average molecular weight is 383 g/mol. The Bertz CT molecular complexity index is 754. The lowest BCUT2D eigenvalue weighted by atomic mass is 10.0. The summed E-state index contributed by atoms with van der Waals surface area (Å²) in [5.74, 6) is 0.500. The van der Waals surface area contributed by atoms with Gasteiger partial charge in [0.05, 0.1) is 15.9 Å². The first-order valence-electron chi connectivity index (χ1n) is 9.02. The van der Waals surface area contributed by atoms with E-state index >= 15 is 0 Å². The van der Waals surface area contributed by atoms with Gasteiger partial charge in [0.15, 0.2) is 0 Å². The van der Waals surface area contributed by atoms with E-state index in [1.165, 1.54) is 16.4 Å². The first-order valence-corrected chi connectivity index (χ1v) is 10.5. The van der Waals surface area contributed by atoms with E-state index in [1.807, 2.05) is 0 Å². The van der Waals surface area contributed by atoms with E-state index in [2.05, 4.69) is 12.2 Å². The Morgan fingerprint density at radius 2 is 2.04 bits per heavy atom. The van der Waals surface area contributed by atoms with Gasteiger partial charge in [-0.25, -0.2) is 8.42 Å². The minimum atomic E-state index is -3.71. The molecule has 1 N–H and O–H groups in total. The molecule has 8 nitrogen and oxygen atoms in total. The van der Waals surface area contributed by atoms with E-state index in [1.54, 1.807) is 0 Å². The van der Waals surface area contributed by atoms with Crippen LogP contribution in [0.4, 0.5) is 11.4 Å². The molecule has 1 atom stereocenters. The quantitative estimate of drug-likeness (QED) is 0.598. The highest BCUT2D eigenvalue weighted by Crippen LogP contribution is 2.31. The van der Waals surface area contributed by atoms with Crippen LogP contribution in [0.3, 0.4) is 0 Å². The maximum atomic E-state index is 12.8. The fourth-order valence-corrected chi connectivity index (χ4v) is 4.87. The Hall–Kier alpha value is -1.71. The summed E-state index contributed by atoms with van der Waals surface area (Å²) in [5, 5.41) is 14.5. The first-order chi connectivity index (χ1) is 12.4. The second kappa shape index (κ2) is 7.89. The zero-order valence-electron chi connectivity index (χ0n) is 14.9. The van der Waals surface area contributed by atoms with Crippen LogP contribution in [-0.4, -0.2) is 50.0 Å². The number of benzene rings is 1. The highest BCUT2D eigenvalue weighted by Gasteiger charge is 2.30. The van der Waals surface area contributed by atoms with Crippen LogP contribution in [0.2, 0.25) is 0 Å². The molecule has 2 aliphatic heterocycles. The lowest BCUT2D eigenvalue weighted by Gasteiger charge is -2.29. The lowest BCUT2D eigenvalue weighted by molar-refractivity contribution is -0.384. The summed E-state index contributed by atoms with van der Waals surface area (Å²) in [6, 6.07) is 4.08. The number of hydrogen-bond donors (Lipinski definition) is 1. The minimum Gasteiger partial charge on any atom is -0.377 e. The Balaban J connectivity index is 1.79. The van der Waals surface area contributed by atoms with Crippen LogP contribution in [0.5, 0.6) is 0 Å². The largest absolute Gasteiger partial charge is 0.377 e. The molecule has 0 spiro atoms. The zero-order valence-corrected chi connectivity index (χ0v) is 15.7. The molecule has 0 radical (unpaired) electrons. The molecule has 1 unspecified atom stereocenters. The molecule has 0 aromatic heterocycles. The normalized spacial score (nSPS) is 22.4. The number of ether oxygens (including phenoxy) is 1. The summed E-state index contributed by atoms with van der Waals surface area (Å²) in [4.78, 5) is 10.9. The van der Waals surface area contributed by atoms with Crippen LogP contribution in [0.25, 0.3) is 0 Å². The molecule has 0 aliphatic carbocycles. The summed E-state index contributed by atoms with van der Waals surface area (Å²) in [5.41, 5.74) is 0.0890. The van der Waals surface area contributed by atoms with Crippen molar-refractivity contribution in [3.05, 3.63) is 28.3 Å². The molecule has 1 aromatic rings. The van der Waals surface area contributed by atoms with Crippen molar-refractivity contribution in [2.45, 2.75) is 43.6 Å². The number of nitrogens with one attached hydrogen (secondary N) is 1. The van der Waals surface area contributed by atoms with Crippen molar-refractivity contribution in [1.29, 1.82) is 0 Å². The maximum absolute atomic E-state index is 12.8. The van der Waals surface area contributed by atoms with E-state index in [4.69, 9.17) is 4.74 Å². The van der Waals surface area contributed by atoms with E-state index in [-0.39, 0.29) is 16.7 Å². The van der Waals surface area contributed by atoms with Crippen molar-refractivity contribution in [1.82, 2.24) is 4.31 Å². The van der Waals surface area contributed by atoms with Gasteiger partial charge in [0.2, 0.25) is 10.0 Å². The van der Waals surface area contributed by atoms with Gasteiger partial charge in [-0.05, 0) is 43.7 Å². The molecule has 2 fully saturated rings. The third-order valence-corrected chi connectivity index (χ3v) is 6.99.